The molecule has 0 saturated heterocycles. The van der Waals surface area contributed by atoms with Gasteiger partial charge in [-0.05, 0) is 42.7 Å². The largest absolute Gasteiger partial charge is 0.497 e. The van der Waals surface area contributed by atoms with Gasteiger partial charge in [0.1, 0.15) is 12.3 Å². The third-order valence-corrected chi connectivity index (χ3v) is 4.30. The zero-order valence-electron chi connectivity index (χ0n) is 14.5. The van der Waals surface area contributed by atoms with Crippen LogP contribution in [0.15, 0.2) is 48.5 Å². The predicted octanol–water partition coefficient (Wildman–Crippen LogP) is 2.04. The molecule has 3 amide bonds. The van der Waals surface area contributed by atoms with Gasteiger partial charge in [0.2, 0.25) is 5.91 Å². The van der Waals surface area contributed by atoms with E-state index in [4.69, 9.17) is 4.74 Å². The van der Waals surface area contributed by atoms with Crippen molar-refractivity contribution in [2.24, 2.45) is 0 Å². The molecule has 3 rings (SSSR count). The SMILES string of the molecule is COc1ccc(CCCNC(=O)CN2C(=O)c3ccccc3C2=O)cc1. The summed E-state index contributed by atoms with van der Waals surface area (Å²) in [5, 5.41) is 2.76. The number of carbonyl (C=O) groups is 3. The minimum absolute atomic E-state index is 0.255. The van der Waals surface area contributed by atoms with Crippen LogP contribution in [0.25, 0.3) is 0 Å². The Kier molecular flexibility index (Phi) is 5.31. The number of imide groups is 1. The average molecular weight is 352 g/mol. The summed E-state index contributed by atoms with van der Waals surface area (Å²) >= 11 is 0. The minimum atomic E-state index is -0.418. The lowest BCUT2D eigenvalue weighted by Crippen LogP contribution is -2.40. The molecule has 26 heavy (non-hydrogen) atoms. The molecule has 0 radical (unpaired) electrons. The highest BCUT2D eigenvalue weighted by Crippen LogP contribution is 2.21. The third-order valence-electron chi connectivity index (χ3n) is 4.30. The van der Waals surface area contributed by atoms with Gasteiger partial charge in [0.15, 0.2) is 0 Å². The number of amides is 3. The molecule has 0 fully saturated rings. The Bertz CT molecular complexity index is 795. The number of fused-ring (bicyclic) bond motifs is 1. The summed E-state index contributed by atoms with van der Waals surface area (Å²) in [6.45, 7) is 0.225. The highest BCUT2D eigenvalue weighted by Gasteiger charge is 2.36. The Labute approximate surface area is 151 Å². The summed E-state index contributed by atoms with van der Waals surface area (Å²) in [5.41, 5.74) is 1.86. The van der Waals surface area contributed by atoms with Crippen LogP contribution in [0, 0.1) is 0 Å². The Morgan fingerprint density at radius 1 is 1.00 bits per heavy atom. The van der Waals surface area contributed by atoms with Crippen LogP contribution in [0.1, 0.15) is 32.7 Å². The Hall–Kier alpha value is -3.15. The molecule has 6 nitrogen and oxygen atoms in total. The number of nitrogens with zero attached hydrogens (tertiary/aromatic N) is 1. The van der Waals surface area contributed by atoms with Crippen molar-refractivity contribution in [3.63, 3.8) is 0 Å². The molecule has 0 bridgehead atoms. The van der Waals surface area contributed by atoms with Crippen molar-refractivity contribution in [2.75, 3.05) is 20.2 Å². The number of ether oxygens (including phenoxy) is 1. The van der Waals surface area contributed by atoms with E-state index >= 15 is 0 Å². The number of carbonyl (C=O) groups excluding carboxylic acids is 3. The van der Waals surface area contributed by atoms with Gasteiger partial charge in [-0.25, -0.2) is 0 Å². The highest BCUT2D eigenvalue weighted by molar-refractivity contribution is 6.22. The number of rotatable bonds is 7. The molecule has 2 aromatic carbocycles. The second kappa shape index (κ2) is 7.82. The number of hydrogen-bond acceptors (Lipinski definition) is 4. The van der Waals surface area contributed by atoms with E-state index in [1.165, 1.54) is 0 Å². The van der Waals surface area contributed by atoms with Crippen molar-refractivity contribution in [3.05, 3.63) is 65.2 Å². The van der Waals surface area contributed by atoms with Gasteiger partial charge in [-0.1, -0.05) is 24.3 Å². The first-order chi connectivity index (χ1) is 12.6. The summed E-state index contributed by atoms with van der Waals surface area (Å²) in [6.07, 6.45) is 1.58. The van der Waals surface area contributed by atoms with E-state index in [9.17, 15) is 14.4 Å². The number of nitrogens with one attached hydrogen (secondary N) is 1. The molecule has 2 aromatic rings. The van der Waals surface area contributed by atoms with E-state index in [0.717, 1.165) is 29.1 Å². The number of methoxy groups -OCH3 is 1. The lowest BCUT2D eigenvalue weighted by Gasteiger charge is -2.13. The van der Waals surface area contributed by atoms with Gasteiger partial charge in [0, 0.05) is 6.54 Å². The van der Waals surface area contributed by atoms with E-state index in [2.05, 4.69) is 5.32 Å². The summed E-state index contributed by atoms with van der Waals surface area (Å²) in [4.78, 5) is 37.5. The standard InChI is InChI=1S/C20H20N2O4/c1-26-15-10-8-14(9-11-15)5-4-12-21-18(23)13-22-19(24)16-6-2-3-7-17(16)20(22)25/h2-3,6-11H,4-5,12-13H2,1H3,(H,21,23). The quantitative estimate of drug-likeness (QED) is 0.611. The molecule has 0 aromatic heterocycles. The summed E-state index contributed by atoms with van der Waals surface area (Å²) < 4.78 is 5.11. The molecule has 0 unspecified atom stereocenters. The molecule has 1 N–H and O–H groups in total. The van der Waals surface area contributed by atoms with Crippen molar-refractivity contribution in [1.29, 1.82) is 0 Å². The van der Waals surface area contributed by atoms with E-state index in [-0.39, 0.29) is 12.5 Å². The highest BCUT2D eigenvalue weighted by atomic mass is 16.5. The monoisotopic (exact) mass is 352 g/mol. The van der Waals surface area contributed by atoms with Crippen molar-refractivity contribution >= 4 is 17.7 Å². The van der Waals surface area contributed by atoms with Crippen LogP contribution in [-0.4, -0.2) is 42.8 Å². The Morgan fingerprint density at radius 2 is 1.62 bits per heavy atom. The fraction of sp³-hybridized carbons (Fsp3) is 0.250. The van der Waals surface area contributed by atoms with Gasteiger partial charge in [0.25, 0.3) is 11.8 Å². The van der Waals surface area contributed by atoms with Crippen LogP contribution >= 0.6 is 0 Å². The topological polar surface area (TPSA) is 75.7 Å². The molecule has 6 heteroatoms. The van der Waals surface area contributed by atoms with Gasteiger partial charge in [-0.2, -0.15) is 0 Å². The number of benzene rings is 2. The van der Waals surface area contributed by atoms with Gasteiger partial charge in [-0.15, -0.1) is 0 Å². The van der Waals surface area contributed by atoms with E-state index in [1.54, 1.807) is 31.4 Å². The molecule has 134 valence electrons. The lowest BCUT2D eigenvalue weighted by molar-refractivity contribution is -0.121. The molecular formula is C20H20N2O4. The average Bonchev–Trinajstić information content (AvgIpc) is 2.91. The van der Waals surface area contributed by atoms with E-state index in [1.807, 2.05) is 24.3 Å². The molecule has 1 aliphatic rings. The zero-order valence-corrected chi connectivity index (χ0v) is 14.5. The molecule has 1 heterocycles. The maximum absolute atomic E-state index is 12.2. The van der Waals surface area contributed by atoms with E-state index < -0.39 is 11.8 Å². The van der Waals surface area contributed by atoms with Gasteiger partial charge < -0.3 is 10.1 Å². The molecular weight excluding hydrogens is 332 g/mol. The fourth-order valence-electron chi connectivity index (χ4n) is 2.89. The summed E-state index contributed by atoms with van der Waals surface area (Å²) in [7, 11) is 1.62. The van der Waals surface area contributed by atoms with Crippen LogP contribution < -0.4 is 10.1 Å². The van der Waals surface area contributed by atoms with Crippen molar-refractivity contribution in [2.45, 2.75) is 12.8 Å². The van der Waals surface area contributed by atoms with Crippen LogP contribution in [-0.2, 0) is 11.2 Å². The molecule has 0 atom stereocenters. The predicted molar refractivity (Wildman–Crippen MR) is 96.1 cm³/mol. The first-order valence-corrected chi connectivity index (χ1v) is 8.45. The minimum Gasteiger partial charge on any atom is -0.497 e. The van der Waals surface area contributed by atoms with Gasteiger partial charge >= 0.3 is 0 Å². The Morgan fingerprint density at radius 3 is 2.19 bits per heavy atom. The van der Waals surface area contributed by atoms with Crippen LogP contribution in [0.3, 0.4) is 0 Å². The van der Waals surface area contributed by atoms with Gasteiger partial charge in [-0.3, -0.25) is 19.3 Å². The zero-order chi connectivity index (χ0) is 18.5. The van der Waals surface area contributed by atoms with Crippen molar-refractivity contribution in [1.82, 2.24) is 10.2 Å². The number of hydrogen-bond donors (Lipinski definition) is 1. The smallest absolute Gasteiger partial charge is 0.262 e. The second-order valence-corrected chi connectivity index (χ2v) is 6.04. The molecule has 0 aliphatic carbocycles. The normalized spacial score (nSPS) is 12.9. The maximum atomic E-state index is 12.2. The van der Waals surface area contributed by atoms with Crippen LogP contribution in [0.4, 0.5) is 0 Å². The molecule has 0 spiro atoms. The van der Waals surface area contributed by atoms with Crippen LogP contribution in [0.5, 0.6) is 5.75 Å². The second-order valence-electron chi connectivity index (χ2n) is 6.04. The summed E-state index contributed by atoms with van der Waals surface area (Å²) in [6, 6.07) is 14.4. The first kappa shape index (κ1) is 17.7. The molecule has 0 saturated carbocycles. The Balaban J connectivity index is 1.45. The molecule has 1 aliphatic heterocycles. The number of aryl methyl sites for hydroxylation is 1. The summed E-state index contributed by atoms with van der Waals surface area (Å²) in [5.74, 6) is -0.366. The van der Waals surface area contributed by atoms with Crippen molar-refractivity contribution < 1.29 is 19.1 Å². The lowest BCUT2D eigenvalue weighted by atomic mass is 10.1. The van der Waals surface area contributed by atoms with Crippen molar-refractivity contribution in [3.8, 4) is 5.75 Å². The van der Waals surface area contributed by atoms with E-state index in [0.29, 0.717) is 17.7 Å². The fourth-order valence-corrected chi connectivity index (χ4v) is 2.89. The third kappa shape index (κ3) is 3.74. The maximum Gasteiger partial charge on any atom is 0.262 e. The van der Waals surface area contributed by atoms with Gasteiger partial charge in [0.05, 0.1) is 18.2 Å². The van der Waals surface area contributed by atoms with Crippen LogP contribution in [0.2, 0.25) is 0 Å². The first-order valence-electron chi connectivity index (χ1n) is 8.45.